The molecule has 0 aliphatic heterocycles. The molecule has 184 valence electrons. The van der Waals surface area contributed by atoms with E-state index in [1.54, 1.807) is 6.07 Å². The second-order valence-electron chi connectivity index (χ2n) is 8.47. The van der Waals surface area contributed by atoms with Gasteiger partial charge in [-0.05, 0) is 61.4 Å². The number of carbonyl (C=O) groups is 1. The zero-order chi connectivity index (χ0) is 25.0. The number of ketones is 1. The van der Waals surface area contributed by atoms with Crippen LogP contribution in [0, 0.1) is 12.8 Å². The topological polar surface area (TPSA) is 124 Å². The maximum absolute atomic E-state index is 13.3. The van der Waals surface area contributed by atoms with E-state index < -0.39 is 10.3 Å². The molecule has 2 atom stereocenters. The molecule has 1 N–H and O–H groups in total. The number of rotatable bonds is 10. The van der Waals surface area contributed by atoms with Crippen molar-refractivity contribution >= 4 is 40.2 Å². The van der Waals surface area contributed by atoms with Gasteiger partial charge >= 0.3 is 10.3 Å². The second-order valence-corrected chi connectivity index (χ2v) is 10.3. The molecule has 35 heavy (non-hydrogen) atoms. The molecule has 1 aliphatic carbocycles. The lowest BCUT2D eigenvalue weighted by molar-refractivity contribution is 0.101. The van der Waals surface area contributed by atoms with Crippen molar-refractivity contribution in [3.8, 4) is 0 Å². The predicted molar refractivity (Wildman–Crippen MR) is 132 cm³/mol. The van der Waals surface area contributed by atoms with Crippen molar-refractivity contribution in [3.05, 3.63) is 76.1 Å². The molecule has 1 saturated carbocycles. The summed E-state index contributed by atoms with van der Waals surface area (Å²) < 4.78 is 36.4. The number of carbonyl (C=O) groups excluding carboxylic acids is 1. The molecule has 1 fully saturated rings. The lowest BCUT2D eigenvalue weighted by Gasteiger charge is -2.15. The maximum atomic E-state index is 13.3. The van der Waals surface area contributed by atoms with Gasteiger partial charge in [-0.15, -0.1) is 0 Å². The summed E-state index contributed by atoms with van der Waals surface area (Å²) in [5.74, 6) is 0.975. The van der Waals surface area contributed by atoms with Crippen molar-refractivity contribution in [3.63, 3.8) is 0 Å². The molecule has 4 rings (SSSR count). The second kappa shape index (κ2) is 10.7. The largest absolute Gasteiger partial charge is 0.458 e. The van der Waals surface area contributed by atoms with E-state index in [1.165, 1.54) is 12.5 Å². The number of furan rings is 1. The monoisotopic (exact) mass is 516 g/mol. The number of anilines is 1. The highest BCUT2D eigenvalue weighted by Crippen LogP contribution is 2.30. The molecule has 0 radical (unpaired) electrons. The van der Waals surface area contributed by atoms with E-state index in [4.69, 9.17) is 20.2 Å². The van der Waals surface area contributed by atoms with Crippen molar-refractivity contribution in [2.24, 2.45) is 10.3 Å². The highest BCUT2D eigenvalue weighted by Gasteiger charge is 2.28. The van der Waals surface area contributed by atoms with Gasteiger partial charge in [0, 0.05) is 30.4 Å². The van der Waals surface area contributed by atoms with Crippen LogP contribution in [0.25, 0.3) is 0 Å². The van der Waals surface area contributed by atoms with Gasteiger partial charge in [0.2, 0.25) is 5.78 Å². The van der Waals surface area contributed by atoms with Crippen LogP contribution in [0.1, 0.15) is 52.3 Å². The van der Waals surface area contributed by atoms with Crippen LogP contribution in [-0.4, -0.2) is 43.5 Å². The average molecular weight is 517 g/mol. The Hall–Kier alpha value is -3.08. The van der Waals surface area contributed by atoms with E-state index in [-0.39, 0.29) is 30.1 Å². The lowest BCUT2D eigenvalue weighted by atomic mass is 10.0. The van der Waals surface area contributed by atoms with Crippen LogP contribution in [0.4, 0.5) is 5.82 Å². The summed E-state index contributed by atoms with van der Waals surface area (Å²) in [5.41, 5.74) is 2.21. The van der Waals surface area contributed by atoms with Gasteiger partial charge in [0.15, 0.2) is 5.76 Å². The first-order valence-electron chi connectivity index (χ1n) is 11.1. The first kappa shape index (κ1) is 25.0. The summed E-state index contributed by atoms with van der Waals surface area (Å²) in [4.78, 5) is 21.6. The van der Waals surface area contributed by atoms with Gasteiger partial charge in [0.05, 0.1) is 12.2 Å². The Bertz CT molecular complexity index is 1340. The fourth-order valence-electron chi connectivity index (χ4n) is 4.19. The van der Waals surface area contributed by atoms with Crippen LogP contribution in [0.3, 0.4) is 0 Å². The third-order valence-electron chi connectivity index (χ3n) is 5.98. The minimum absolute atomic E-state index is 0.00108. The molecule has 0 spiro atoms. The lowest BCUT2D eigenvalue weighted by Crippen LogP contribution is -2.20. The average Bonchev–Trinajstić information content (AvgIpc) is 3.44. The molecule has 1 aliphatic rings. The molecule has 0 saturated heterocycles. The van der Waals surface area contributed by atoms with Crippen molar-refractivity contribution in [2.75, 3.05) is 11.9 Å². The van der Waals surface area contributed by atoms with Crippen LogP contribution in [-0.2, 0) is 20.9 Å². The molecule has 1 aromatic carbocycles. The van der Waals surface area contributed by atoms with E-state index in [9.17, 15) is 13.2 Å². The van der Waals surface area contributed by atoms with Crippen molar-refractivity contribution in [2.45, 2.75) is 38.6 Å². The van der Waals surface area contributed by atoms with E-state index >= 15 is 0 Å². The first-order chi connectivity index (χ1) is 16.7. The number of nitrogens with one attached hydrogen (secondary N) is 1. The number of aromatic nitrogens is 2. The molecule has 11 heteroatoms. The minimum Gasteiger partial charge on any atom is -0.458 e. The standard InChI is InChI=1S/C24H25ClN4O5S/c1-15-18(8-16-4-3-5-19(25)9-16)11-22(34-15)23(30)21-12-27-14-28-24(21)29-20-7-6-17(10-20)13-33-35(31,32)26-2/h3-5,9,11-12,14,17,20H,2,6-8,10,13H2,1H3,(H,27,28,29)/t17-,20?/m1/s1. The van der Waals surface area contributed by atoms with E-state index in [0.717, 1.165) is 24.0 Å². The number of aryl methyl sites for hydroxylation is 1. The van der Waals surface area contributed by atoms with E-state index in [0.29, 0.717) is 35.0 Å². The predicted octanol–water partition coefficient (Wildman–Crippen LogP) is 4.40. The molecule has 3 aromatic rings. The van der Waals surface area contributed by atoms with Gasteiger partial charge < -0.3 is 9.73 Å². The summed E-state index contributed by atoms with van der Waals surface area (Å²) >= 11 is 6.09. The number of halogens is 1. The first-order valence-corrected chi connectivity index (χ1v) is 12.8. The summed E-state index contributed by atoms with van der Waals surface area (Å²) in [6.07, 6.45) is 5.62. The smallest absolute Gasteiger partial charge is 0.380 e. The summed E-state index contributed by atoms with van der Waals surface area (Å²) in [6.45, 7) is 4.85. The Kier molecular flexibility index (Phi) is 7.63. The van der Waals surface area contributed by atoms with Crippen molar-refractivity contribution in [1.82, 2.24) is 9.97 Å². The normalized spacial score (nSPS) is 17.9. The molecular weight excluding hydrogens is 492 g/mol. The summed E-state index contributed by atoms with van der Waals surface area (Å²) in [7, 11) is -3.94. The maximum Gasteiger partial charge on any atom is 0.380 e. The van der Waals surface area contributed by atoms with Gasteiger partial charge in [-0.3, -0.25) is 8.98 Å². The number of hydrogen-bond acceptors (Lipinski definition) is 8. The molecule has 0 amide bonds. The fraction of sp³-hybridized carbons (Fsp3) is 0.333. The molecular formula is C24H25ClN4O5S. The van der Waals surface area contributed by atoms with Crippen LogP contribution in [0.2, 0.25) is 5.02 Å². The molecule has 2 heterocycles. The molecule has 2 aromatic heterocycles. The van der Waals surface area contributed by atoms with Gasteiger partial charge in [-0.25, -0.2) is 9.97 Å². The molecule has 1 unspecified atom stereocenters. The van der Waals surface area contributed by atoms with Crippen molar-refractivity contribution in [1.29, 1.82) is 0 Å². The highest BCUT2D eigenvalue weighted by atomic mass is 35.5. The number of hydrogen-bond donors (Lipinski definition) is 1. The van der Waals surface area contributed by atoms with Crippen molar-refractivity contribution < 1.29 is 21.8 Å². The molecule has 0 bridgehead atoms. The third-order valence-corrected chi connectivity index (χ3v) is 6.96. The summed E-state index contributed by atoms with van der Waals surface area (Å²) in [5, 5.41) is 3.95. The van der Waals surface area contributed by atoms with Crippen LogP contribution >= 0.6 is 11.6 Å². The zero-order valence-electron chi connectivity index (χ0n) is 19.1. The SMILES string of the molecule is C=NS(=O)(=O)OC[C@@H]1CCC(Nc2ncncc2C(=O)c2cc(Cc3cccc(Cl)c3)c(C)o2)C1. The van der Waals surface area contributed by atoms with Crippen LogP contribution in [0.5, 0.6) is 0 Å². The third kappa shape index (κ3) is 6.33. The highest BCUT2D eigenvalue weighted by molar-refractivity contribution is 7.85. The molecule has 9 nitrogen and oxygen atoms in total. The quantitative estimate of drug-likeness (QED) is 0.310. The van der Waals surface area contributed by atoms with Gasteiger partial charge in [-0.1, -0.05) is 23.7 Å². The van der Waals surface area contributed by atoms with E-state index in [2.05, 4.69) is 26.4 Å². The van der Waals surface area contributed by atoms with Crippen LogP contribution < -0.4 is 5.32 Å². The number of benzene rings is 1. The Morgan fingerprint density at radius 1 is 1.34 bits per heavy atom. The van der Waals surface area contributed by atoms with Gasteiger partial charge in [0.25, 0.3) is 0 Å². The zero-order valence-corrected chi connectivity index (χ0v) is 20.7. The van der Waals surface area contributed by atoms with Crippen LogP contribution in [0.15, 0.2) is 51.7 Å². The fourth-order valence-corrected chi connectivity index (χ4v) is 4.84. The Morgan fingerprint density at radius 2 is 2.17 bits per heavy atom. The number of nitrogens with zero attached hydrogens (tertiary/aromatic N) is 3. The van der Waals surface area contributed by atoms with Gasteiger partial charge in [0.1, 0.15) is 17.9 Å². The van der Waals surface area contributed by atoms with Gasteiger partial charge in [-0.2, -0.15) is 12.8 Å². The Morgan fingerprint density at radius 3 is 2.94 bits per heavy atom. The Labute approximate surface area is 208 Å². The summed E-state index contributed by atoms with van der Waals surface area (Å²) in [6, 6.07) is 9.29. The van der Waals surface area contributed by atoms with E-state index in [1.807, 2.05) is 31.2 Å². The Balaban J connectivity index is 1.45. The minimum atomic E-state index is -3.94.